The van der Waals surface area contributed by atoms with E-state index in [-0.39, 0.29) is 0 Å². The van der Waals surface area contributed by atoms with Crippen molar-refractivity contribution < 1.29 is 0 Å². The Morgan fingerprint density at radius 2 is 1.96 bits per heavy atom. The SMILES string of the molecule is Nc1ncnc2nc(-c3cccs3)cc(-c3cccc(Br)c3)c12. The first-order valence-electron chi connectivity index (χ1n) is 6.93. The molecule has 0 spiro atoms. The summed E-state index contributed by atoms with van der Waals surface area (Å²) in [6, 6.07) is 14.2. The average molecular weight is 383 g/mol. The van der Waals surface area contributed by atoms with Gasteiger partial charge in [0.1, 0.15) is 12.1 Å². The Balaban J connectivity index is 2.07. The minimum Gasteiger partial charge on any atom is -0.383 e. The second kappa shape index (κ2) is 5.72. The number of hydrogen-bond acceptors (Lipinski definition) is 5. The van der Waals surface area contributed by atoms with Crippen LogP contribution in [0, 0.1) is 0 Å². The average Bonchev–Trinajstić information content (AvgIpc) is 3.08. The molecule has 0 aliphatic rings. The van der Waals surface area contributed by atoms with Gasteiger partial charge in [0.25, 0.3) is 0 Å². The van der Waals surface area contributed by atoms with Crippen LogP contribution < -0.4 is 5.73 Å². The van der Waals surface area contributed by atoms with Crippen molar-refractivity contribution in [2.45, 2.75) is 0 Å². The highest BCUT2D eigenvalue weighted by molar-refractivity contribution is 9.10. The molecule has 0 aliphatic heterocycles. The molecule has 4 aromatic rings. The number of nitrogens with two attached hydrogens (primary N) is 1. The lowest BCUT2D eigenvalue weighted by atomic mass is 10.0. The molecule has 3 aromatic heterocycles. The zero-order valence-electron chi connectivity index (χ0n) is 11.9. The molecule has 4 rings (SSSR count). The summed E-state index contributed by atoms with van der Waals surface area (Å²) in [5, 5.41) is 2.82. The second-order valence-corrected chi connectivity index (χ2v) is 6.86. The first kappa shape index (κ1) is 14.3. The van der Waals surface area contributed by atoms with Crippen molar-refractivity contribution in [3.63, 3.8) is 0 Å². The molecular formula is C17H11BrN4S. The van der Waals surface area contributed by atoms with E-state index in [1.165, 1.54) is 6.33 Å². The third-order valence-electron chi connectivity index (χ3n) is 3.54. The van der Waals surface area contributed by atoms with Gasteiger partial charge in [0, 0.05) is 4.47 Å². The third kappa shape index (κ3) is 2.60. The highest BCUT2D eigenvalue weighted by atomic mass is 79.9. The molecule has 0 aliphatic carbocycles. The summed E-state index contributed by atoms with van der Waals surface area (Å²) >= 11 is 5.17. The summed E-state index contributed by atoms with van der Waals surface area (Å²) in [5.74, 6) is 0.440. The predicted octanol–water partition coefficient (Wildman–Crippen LogP) is 4.77. The number of benzene rings is 1. The van der Waals surface area contributed by atoms with Gasteiger partial charge in [-0.25, -0.2) is 15.0 Å². The lowest BCUT2D eigenvalue weighted by Crippen LogP contribution is -1.98. The molecule has 3 heterocycles. The van der Waals surface area contributed by atoms with Crippen LogP contribution in [0.15, 0.2) is 58.6 Å². The maximum absolute atomic E-state index is 6.10. The highest BCUT2D eigenvalue weighted by Crippen LogP contribution is 2.35. The molecule has 0 atom stereocenters. The van der Waals surface area contributed by atoms with Gasteiger partial charge >= 0.3 is 0 Å². The number of nitrogens with zero attached hydrogens (tertiary/aromatic N) is 3. The van der Waals surface area contributed by atoms with Gasteiger partial charge in [-0.05, 0) is 40.8 Å². The Morgan fingerprint density at radius 3 is 2.74 bits per heavy atom. The first-order chi connectivity index (χ1) is 11.2. The zero-order chi connectivity index (χ0) is 15.8. The standard InChI is InChI=1S/C17H11BrN4S/c18-11-4-1-3-10(7-11)12-8-13(14-5-2-6-23-14)22-17-15(12)16(19)20-9-21-17/h1-9H,(H2,19,20,21,22). The van der Waals surface area contributed by atoms with Crippen molar-refractivity contribution >= 4 is 44.1 Å². The van der Waals surface area contributed by atoms with Gasteiger partial charge < -0.3 is 5.73 Å². The van der Waals surface area contributed by atoms with Crippen LogP contribution >= 0.6 is 27.3 Å². The summed E-state index contributed by atoms with van der Waals surface area (Å²) in [6.45, 7) is 0. The molecule has 23 heavy (non-hydrogen) atoms. The van der Waals surface area contributed by atoms with Gasteiger partial charge in [-0.15, -0.1) is 11.3 Å². The van der Waals surface area contributed by atoms with Crippen LogP contribution in [0.2, 0.25) is 0 Å². The number of nitrogen functional groups attached to an aromatic ring is 1. The van der Waals surface area contributed by atoms with E-state index in [0.717, 1.165) is 31.6 Å². The number of rotatable bonds is 2. The van der Waals surface area contributed by atoms with Crippen LogP contribution in [0.5, 0.6) is 0 Å². The van der Waals surface area contributed by atoms with E-state index in [2.05, 4.69) is 43.0 Å². The fourth-order valence-electron chi connectivity index (χ4n) is 2.52. The van der Waals surface area contributed by atoms with E-state index >= 15 is 0 Å². The maximum atomic E-state index is 6.10. The van der Waals surface area contributed by atoms with Crippen molar-refractivity contribution in [1.82, 2.24) is 15.0 Å². The Bertz CT molecular complexity index is 999. The van der Waals surface area contributed by atoms with Gasteiger partial charge in [-0.1, -0.05) is 34.1 Å². The highest BCUT2D eigenvalue weighted by Gasteiger charge is 2.14. The molecule has 112 valence electrons. The first-order valence-corrected chi connectivity index (χ1v) is 8.61. The monoisotopic (exact) mass is 382 g/mol. The third-order valence-corrected chi connectivity index (χ3v) is 4.93. The van der Waals surface area contributed by atoms with Crippen LogP contribution in [0.25, 0.3) is 32.7 Å². The number of halogens is 1. The number of anilines is 1. The van der Waals surface area contributed by atoms with Gasteiger partial charge in [-0.2, -0.15) is 0 Å². The zero-order valence-corrected chi connectivity index (χ0v) is 14.3. The van der Waals surface area contributed by atoms with Crippen LogP contribution in [0.4, 0.5) is 5.82 Å². The van der Waals surface area contributed by atoms with Crippen LogP contribution in [0.1, 0.15) is 0 Å². The van der Waals surface area contributed by atoms with Crippen molar-refractivity contribution in [3.8, 4) is 21.7 Å². The molecule has 0 saturated heterocycles. The summed E-state index contributed by atoms with van der Waals surface area (Å²) in [7, 11) is 0. The fraction of sp³-hybridized carbons (Fsp3) is 0. The van der Waals surface area contributed by atoms with Crippen molar-refractivity contribution in [3.05, 3.63) is 58.6 Å². The van der Waals surface area contributed by atoms with Crippen molar-refractivity contribution in [2.24, 2.45) is 0 Å². The number of pyridine rings is 1. The van der Waals surface area contributed by atoms with E-state index in [4.69, 9.17) is 5.73 Å². The molecular weight excluding hydrogens is 372 g/mol. The Labute approximate surface area is 145 Å². The molecule has 6 heteroatoms. The van der Waals surface area contributed by atoms with E-state index < -0.39 is 0 Å². The Morgan fingerprint density at radius 1 is 1.04 bits per heavy atom. The fourth-order valence-corrected chi connectivity index (χ4v) is 3.61. The Hall–Kier alpha value is -2.31. The molecule has 0 unspecified atom stereocenters. The second-order valence-electron chi connectivity index (χ2n) is 5.00. The summed E-state index contributed by atoms with van der Waals surface area (Å²) < 4.78 is 1.01. The number of hydrogen-bond donors (Lipinski definition) is 1. The van der Waals surface area contributed by atoms with Crippen molar-refractivity contribution in [2.75, 3.05) is 5.73 Å². The van der Waals surface area contributed by atoms with E-state index in [1.807, 2.05) is 35.7 Å². The molecule has 2 N–H and O–H groups in total. The number of aromatic nitrogens is 3. The van der Waals surface area contributed by atoms with E-state index in [9.17, 15) is 0 Å². The lowest BCUT2D eigenvalue weighted by molar-refractivity contribution is 1.19. The number of thiophene rings is 1. The predicted molar refractivity (Wildman–Crippen MR) is 98.2 cm³/mol. The molecule has 0 bridgehead atoms. The minimum absolute atomic E-state index is 0.440. The van der Waals surface area contributed by atoms with E-state index in [0.29, 0.717) is 11.5 Å². The molecule has 1 aromatic carbocycles. The molecule has 0 fully saturated rings. The van der Waals surface area contributed by atoms with Crippen LogP contribution in [-0.2, 0) is 0 Å². The van der Waals surface area contributed by atoms with Crippen LogP contribution in [0.3, 0.4) is 0 Å². The van der Waals surface area contributed by atoms with Crippen molar-refractivity contribution in [1.29, 1.82) is 0 Å². The van der Waals surface area contributed by atoms with E-state index in [1.54, 1.807) is 11.3 Å². The lowest BCUT2D eigenvalue weighted by Gasteiger charge is -2.10. The topological polar surface area (TPSA) is 64.7 Å². The smallest absolute Gasteiger partial charge is 0.165 e. The van der Waals surface area contributed by atoms with Gasteiger partial charge in [0.15, 0.2) is 5.65 Å². The molecule has 0 saturated carbocycles. The Kier molecular flexibility index (Phi) is 3.55. The maximum Gasteiger partial charge on any atom is 0.165 e. The molecule has 0 amide bonds. The number of fused-ring (bicyclic) bond motifs is 1. The van der Waals surface area contributed by atoms with Gasteiger partial charge in [0.05, 0.1) is 16.0 Å². The molecule has 4 nitrogen and oxygen atoms in total. The summed E-state index contributed by atoms with van der Waals surface area (Å²) in [5.41, 5.74) is 9.63. The summed E-state index contributed by atoms with van der Waals surface area (Å²) in [4.78, 5) is 14.2. The van der Waals surface area contributed by atoms with Crippen LogP contribution in [-0.4, -0.2) is 15.0 Å². The quantitative estimate of drug-likeness (QED) is 0.542. The van der Waals surface area contributed by atoms with Gasteiger partial charge in [0.2, 0.25) is 0 Å². The molecule has 0 radical (unpaired) electrons. The minimum atomic E-state index is 0.440. The normalized spacial score (nSPS) is 11.0. The summed E-state index contributed by atoms with van der Waals surface area (Å²) in [6.07, 6.45) is 1.45. The van der Waals surface area contributed by atoms with Gasteiger partial charge in [-0.3, -0.25) is 0 Å². The largest absolute Gasteiger partial charge is 0.383 e.